The van der Waals surface area contributed by atoms with Crippen molar-refractivity contribution in [1.29, 1.82) is 0 Å². The molecular weight excluding hydrogens is 392 g/mol. The van der Waals surface area contributed by atoms with Gasteiger partial charge in [-0.2, -0.15) is 0 Å². The summed E-state index contributed by atoms with van der Waals surface area (Å²) in [7, 11) is 1.60. The number of hydrogen-bond donors (Lipinski definition) is 0. The van der Waals surface area contributed by atoms with Gasteiger partial charge in [0.05, 0.1) is 24.1 Å². The quantitative estimate of drug-likeness (QED) is 0.550. The summed E-state index contributed by atoms with van der Waals surface area (Å²) in [6.45, 7) is 7.60. The molecule has 1 atom stereocenters. The van der Waals surface area contributed by atoms with E-state index in [4.69, 9.17) is 9.15 Å². The molecule has 0 saturated heterocycles. The van der Waals surface area contributed by atoms with E-state index in [-0.39, 0.29) is 17.1 Å². The third-order valence-electron chi connectivity index (χ3n) is 6.07. The summed E-state index contributed by atoms with van der Waals surface area (Å²) in [5.41, 5.74) is 1.47. The number of rotatable bonds is 8. The molecule has 0 saturated carbocycles. The van der Waals surface area contributed by atoms with Gasteiger partial charge in [0.25, 0.3) is 5.91 Å². The van der Waals surface area contributed by atoms with E-state index in [2.05, 4.69) is 18.7 Å². The molecule has 4 rings (SSSR count). The molecule has 2 aromatic carbocycles. The van der Waals surface area contributed by atoms with Crippen LogP contribution in [0.2, 0.25) is 0 Å². The molecule has 6 nitrogen and oxygen atoms in total. The zero-order chi connectivity index (χ0) is 22.0. The number of para-hydroxylation sites is 2. The molecular formula is C25H28N2O4. The Morgan fingerprint density at radius 1 is 1.03 bits per heavy atom. The number of amides is 1. The van der Waals surface area contributed by atoms with Crippen LogP contribution < -0.4 is 10.2 Å². The van der Waals surface area contributed by atoms with Crippen LogP contribution in [0.4, 0.5) is 0 Å². The molecule has 1 aliphatic rings. The van der Waals surface area contributed by atoms with Crippen molar-refractivity contribution in [2.75, 3.05) is 33.3 Å². The van der Waals surface area contributed by atoms with Gasteiger partial charge in [-0.15, -0.1) is 0 Å². The van der Waals surface area contributed by atoms with Gasteiger partial charge in [-0.05, 0) is 44.3 Å². The summed E-state index contributed by atoms with van der Waals surface area (Å²) in [4.78, 5) is 31.0. The van der Waals surface area contributed by atoms with Crippen molar-refractivity contribution in [2.45, 2.75) is 26.3 Å². The number of nitrogens with zero attached hydrogens (tertiary/aromatic N) is 2. The fourth-order valence-electron chi connectivity index (χ4n) is 4.42. The minimum Gasteiger partial charge on any atom is -0.496 e. The van der Waals surface area contributed by atoms with Crippen LogP contribution in [0.15, 0.2) is 57.7 Å². The Balaban J connectivity index is 1.82. The molecule has 1 aliphatic heterocycles. The second-order valence-electron chi connectivity index (χ2n) is 7.69. The molecule has 0 N–H and O–H groups in total. The maximum atomic E-state index is 13.5. The highest BCUT2D eigenvalue weighted by molar-refractivity contribution is 5.99. The number of benzene rings is 2. The Morgan fingerprint density at radius 2 is 1.74 bits per heavy atom. The van der Waals surface area contributed by atoms with Crippen LogP contribution in [-0.2, 0) is 0 Å². The molecule has 0 unspecified atom stereocenters. The van der Waals surface area contributed by atoms with E-state index in [1.165, 1.54) is 0 Å². The maximum absolute atomic E-state index is 13.5. The summed E-state index contributed by atoms with van der Waals surface area (Å²) in [5.74, 6) is 0.546. The average Bonchev–Trinajstić information content (AvgIpc) is 3.08. The van der Waals surface area contributed by atoms with E-state index in [0.29, 0.717) is 28.8 Å². The minimum absolute atomic E-state index is 0.141. The fourth-order valence-corrected chi connectivity index (χ4v) is 4.42. The smallest absolute Gasteiger partial charge is 0.290 e. The van der Waals surface area contributed by atoms with Gasteiger partial charge in [-0.25, -0.2) is 0 Å². The number of carbonyl (C=O) groups is 1. The van der Waals surface area contributed by atoms with Gasteiger partial charge >= 0.3 is 0 Å². The molecule has 162 valence electrons. The van der Waals surface area contributed by atoms with Gasteiger partial charge in [0.2, 0.25) is 5.76 Å². The first-order valence-corrected chi connectivity index (χ1v) is 10.8. The second-order valence-corrected chi connectivity index (χ2v) is 7.69. The molecule has 0 bridgehead atoms. The lowest BCUT2D eigenvalue weighted by molar-refractivity contribution is 0.0719. The SMILES string of the molecule is CCN(CC)CCCN1C(=O)c2oc3ccccc3c(=O)c2[C@H]1c1ccccc1OC. The van der Waals surface area contributed by atoms with Crippen LogP contribution in [0.3, 0.4) is 0 Å². The summed E-state index contributed by atoms with van der Waals surface area (Å²) >= 11 is 0. The van der Waals surface area contributed by atoms with Crippen LogP contribution >= 0.6 is 0 Å². The van der Waals surface area contributed by atoms with Gasteiger partial charge in [0, 0.05) is 12.1 Å². The zero-order valence-corrected chi connectivity index (χ0v) is 18.3. The molecule has 6 heteroatoms. The highest BCUT2D eigenvalue weighted by Gasteiger charge is 2.43. The molecule has 1 aromatic heterocycles. The Labute approximate surface area is 182 Å². The molecule has 2 heterocycles. The number of methoxy groups -OCH3 is 1. The van der Waals surface area contributed by atoms with Crippen LogP contribution in [-0.4, -0.2) is 49.0 Å². The highest BCUT2D eigenvalue weighted by atomic mass is 16.5. The third-order valence-corrected chi connectivity index (χ3v) is 6.07. The third kappa shape index (κ3) is 3.72. The number of carbonyl (C=O) groups excluding carboxylic acids is 1. The molecule has 0 fully saturated rings. The van der Waals surface area contributed by atoms with E-state index >= 15 is 0 Å². The number of hydrogen-bond acceptors (Lipinski definition) is 5. The van der Waals surface area contributed by atoms with Gasteiger partial charge in [0.15, 0.2) is 5.43 Å². The van der Waals surface area contributed by atoms with Gasteiger partial charge in [0.1, 0.15) is 11.3 Å². The van der Waals surface area contributed by atoms with Gasteiger partial charge < -0.3 is 19.0 Å². The van der Waals surface area contributed by atoms with E-state index in [1.807, 2.05) is 30.3 Å². The van der Waals surface area contributed by atoms with Gasteiger partial charge in [-0.1, -0.05) is 44.2 Å². The van der Waals surface area contributed by atoms with Crippen LogP contribution in [0.1, 0.15) is 48.0 Å². The first-order valence-electron chi connectivity index (χ1n) is 10.8. The zero-order valence-electron chi connectivity index (χ0n) is 18.3. The lowest BCUT2D eigenvalue weighted by Gasteiger charge is -2.27. The van der Waals surface area contributed by atoms with Crippen molar-refractivity contribution in [3.63, 3.8) is 0 Å². The van der Waals surface area contributed by atoms with Crippen LogP contribution in [0.5, 0.6) is 5.75 Å². The molecule has 0 aliphatic carbocycles. The van der Waals surface area contributed by atoms with Gasteiger partial charge in [-0.3, -0.25) is 9.59 Å². The van der Waals surface area contributed by atoms with Crippen LogP contribution in [0, 0.1) is 0 Å². The maximum Gasteiger partial charge on any atom is 0.290 e. The molecule has 3 aromatic rings. The van der Waals surface area contributed by atoms with E-state index in [1.54, 1.807) is 30.2 Å². The standard InChI is InChI=1S/C25H28N2O4/c1-4-26(5-2)15-10-16-27-22(17-11-6-8-13-19(17)30-3)21-23(28)18-12-7-9-14-20(18)31-24(21)25(27)29/h6-9,11-14,22H,4-5,10,15-16H2,1-3H3/t22-/m1/s1. The molecule has 31 heavy (non-hydrogen) atoms. The van der Waals surface area contributed by atoms with Crippen molar-refractivity contribution in [3.05, 3.63) is 75.6 Å². The minimum atomic E-state index is -0.531. The fraction of sp³-hybridized carbons (Fsp3) is 0.360. The highest BCUT2D eigenvalue weighted by Crippen LogP contribution is 2.41. The monoisotopic (exact) mass is 420 g/mol. The predicted molar refractivity (Wildman–Crippen MR) is 121 cm³/mol. The summed E-state index contributed by atoms with van der Waals surface area (Å²) in [6.07, 6.45) is 0.806. The van der Waals surface area contributed by atoms with E-state index in [9.17, 15) is 9.59 Å². The summed E-state index contributed by atoms with van der Waals surface area (Å²) in [6, 6.07) is 14.1. The average molecular weight is 421 g/mol. The van der Waals surface area contributed by atoms with Crippen molar-refractivity contribution < 1.29 is 13.9 Å². The normalized spacial score (nSPS) is 15.7. The van der Waals surface area contributed by atoms with Crippen molar-refractivity contribution >= 4 is 16.9 Å². The molecule has 0 radical (unpaired) electrons. The molecule has 0 spiro atoms. The first kappa shape index (κ1) is 21.1. The Morgan fingerprint density at radius 3 is 2.48 bits per heavy atom. The lowest BCUT2D eigenvalue weighted by atomic mass is 9.97. The number of fused-ring (bicyclic) bond motifs is 2. The topological polar surface area (TPSA) is 63.0 Å². The van der Waals surface area contributed by atoms with Crippen molar-refractivity contribution in [3.8, 4) is 5.75 Å². The first-order chi connectivity index (χ1) is 15.1. The largest absolute Gasteiger partial charge is 0.496 e. The molecule has 1 amide bonds. The Hall–Kier alpha value is -3.12. The summed E-state index contributed by atoms with van der Waals surface area (Å²) < 4.78 is 11.6. The lowest BCUT2D eigenvalue weighted by Crippen LogP contribution is -2.33. The van der Waals surface area contributed by atoms with E-state index < -0.39 is 6.04 Å². The van der Waals surface area contributed by atoms with Crippen molar-refractivity contribution in [1.82, 2.24) is 9.80 Å². The van der Waals surface area contributed by atoms with Crippen molar-refractivity contribution in [2.24, 2.45) is 0 Å². The van der Waals surface area contributed by atoms with E-state index in [0.717, 1.165) is 31.6 Å². The summed E-state index contributed by atoms with van der Waals surface area (Å²) in [5, 5.41) is 0.485. The Kier molecular flexibility index (Phi) is 6.09. The second kappa shape index (κ2) is 8.94. The number of ether oxygens (including phenoxy) is 1. The predicted octanol–water partition coefficient (Wildman–Crippen LogP) is 4.08. The van der Waals surface area contributed by atoms with Crippen LogP contribution in [0.25, 0.3) is 11.0 Å². The Bertz CT molecular complexity index is 1150.